The monoisotopic (exact) mass is 241 g/mol. The van der Waals surface area contributed by atoms with Crippen molar-refractivity contribution in [3.63, 3.8) is 0 Å². The zero-order chi connectivity index (χ0) is 13.2. The van der Waals surface area contributed by atoms with Gasteiger partial charge < -0.3 is 5.73 Å². The van der Waals surface area contributed by atoms with Crippen LogP contribution < -0.4 is 5.73 Å². The fourth-order valence-corrected chi connectivity index (χ4v) is 2.02. The van der Waals surface area contributed by atoms with Gasteiger partial charge in [-0.05, 0) is 12.3 Å². The molecule has 1 aromatic rings. The maximum atomic E-state index is 12.2. The molecule has 0 spiro atoms. The zero-order valence-corrected chi connectivity index (χ0v) is 10.9. The van der Waals surface area contributed by atoms with E-state index < -0.39 is 0 Å². The van der Waals surface area contributed by atoms with Gasteiger partial charge in [0.2, 0.25) is 0 Å². The number of rotatable bonds is 3. The van der Waals surface area contributed by atoms with Crippen molar-refractivity contribution in [3.05, 3.63) is 59.7 Å². The van der Waals surface area contributed by atoms with E-state index in [1.807, 2.05) is 48.6 Å². The summed E-state index contributed by atoms with van der Waals surface area (Å²) in [6, 6.07) is 9.34. The lowest BCUT2D eigenvalue weighted by molar-refractivity contribution is 0.103. The topological polar surface area (TPSA) is 43.1 Å². The summed E-state index contributed by atoms with van der Waals surface area (Å²) in [4.78, 5) is 12.2. The van der Waals surface area contributed by atoms with Gasteiger partial charge in [-0.1, -0.05) is 62.4 Å². The largest absolute Gasteiger partial charge is 0.321 e. The summed E-state index contributed by atoms with van der Waals surface area (Å²) in [7, 11) is 0. The highest BCUT2D eigenvalue weighted by atomic mass is 16.1. The molecule has 0 saturated heterocycles. The Kier molecular flexibility index (Phi) is 3.48. The Bertz CT molecular complexity index is 499. The lowest BCUT2D eigenvalue weighted by Crippen LogP contribution is -2.43. The van der Waals surface area contributed by atoms with Crippen LogP contribution >= 0.6 is 0 Å². The molecule has 0 heterocycles. The predicted molar refractivity (Wildman–Crippen MR) is 74.4 cm³/mol. The van der Waals surface area contributed by atoms with Crippen molar-refractivity contribution >= 4 is 5.78 Å². The molecule has 1 atom stereocenters. The molecular weight excluding hydrogens is 222 g/mol. The van der Waals surface area contributed by atoms with Crippen LogP contribution in [-0.2, 0) is 0 Å². The molecule has 18 heavy (non-hydrogen) atoms. The summed E-state index contributed by atoms with van der Waals surface area (Å²) < 4.78 is 0. The summed E-state index contributed by atoms with van der Waals surface area (Å²) in [5.41, 5.74) is 7.40. The Labute approximate surface area is 108 Å². The molecule has 0 amide bonds. The first-order valence-corrected chi connectivity index (χ1v) is 6.31. The highest BCUT2D eigenvalue weighted by molar-refractivity contribution is 6.10. The SMILES string of the molecule is CC(C)C1(N)C=CC(C(=O)c2ccccc2)=CC1. The number of benzene rings is 1. The highest BCUT2D eigenvalue weighted by Crippen LogP contribution is 2.27. The van der Waals surface area contributed by atoms with E-state index in [0.717, 1.165) is 17.6 Å². The number of carbonyl (C=O) groups is 1. The Morgan fingerprint density at radius 2 is 1.94 bits per heavy atom. The molecule has 0 radical (unpaired) electrons. The molecule has 1 aliphatic rings. The van der Waals surface area contributed by atoms with Crippen molar-refractivity contribution in [3.8, 4) is 0 Å². The van der Waals surface area contributed by atoms with Gasteiger partial charge in [-0.3, -0.25) is 4.79 Å². The van der Waals surface area contributed by atoms with Gasteiger partial charge in [0.1, 0.15) is 0 Å². The van der Waals surface area contributed by atoms with Crippen molar-refractivity contribution in [1.29, 1.82) is 0 Å². The maximum Gasteiger partial charge on any atom is 0.192 e. The average molecular weight is 241 g/mol. The standard InChI is InChI=1S/C16H19NO/c1-12(2)16(17)10-8-14(9-11-16)15(18)13-6-4-3-5-7-13/h3-10,12H,11,17H2,1-2H3. The first kappa shape index (κ1) is 12.8. The van der Waals surface area contributed by atoms with Crippen LogP contribution in [0.25, 0.3) is 0 Å². The Hall–Kier alpha value is -1.67. The molecule has 1 unspecified atom stereocenters. The lowest BCUT2D eigenvalue weighted by atomic mass is 9.79. The number of hydrogen-bond acceptors (Lipinski definition) is 2. The maximum absolute atomic E-state index is 12.2. The molecule has 2 N–H and O–H groups in total. The Balaban J connectivity index is 2.17. The number of nitrogens with two attached hydrogens (primary N) is 1. The summed E-state index contributed by atoms with van der Waals surface area (Å²) in [6.45, 7) is 4.20. The van der Waals surface area contributed by atoms with Crippen molar-refractivity contribution < 1.29 is 4.79 Å². The molecule has 0 aromatic heterocycles. The van der Waals surface area contributed by atoms with Gasteiger partial charge in [-0.15, -0.1) is 0 Å². The minimum absolute atomic E-state index is 0.0673. The first-order valence-electron chi connectivity index (χ1n) is 6.31. The van der Waals surface area contributed by atoms with E-state index in [4.69, 9.17) is 5.73 Å². The van der Waals surface area contributed by atoms with Crippen LogP contribution in [-0.4, -0.2) is 11.3 Å². The third-order valence-electron chi connectivity index (χ3n) is 3.62. The van der Waals surface area contributed by atoms with E-state index in [1.165, 1.54) is 0 Å². The Morgan fingerprint density at radius 1 is 1.28 bits per heavy atom. The Morgan fingerprint density at radius 3 is 2.44 bits per heavy atom. The summed E-state index contributed by atoms with van der Waals surface area (Å²) >= 11 is 0. The van der Waals surface area contributed by atoms with Gasteiger partial charge in [0, 0.05) is 16.7 Å². The van der Waals surface area contributed by atoms with E-state index in [2.05, 4.69) is 13.8 Å². The highest BCUT2D eigenvalue weighted by Gasteiger charge is 2.28. The first-order chi connectivity index (χ1) is 8.53. The van der Waals surface area contributed by atoms with E-state index in [1.54, 1.807) is 0 Å². The number of hydrogen-bond donors (Lipinski definition) is 1. The second-order valence-electron chi connectivity index (χ2n) is 5.16. The number of ketones is 1. The van der Waals surface area contributed by atoms with Crippen LogP contribution in [0.15, 0.2) is 54.1 Å². The fraction of sp³-hybridized carbons (Fsp3) is 0.312. The van der Waals surface area contributed by atoms with Crippen LogP contribution in [0, 0.1) is 5.92 Å². The summed E-state index contributed by atoms with van der Waals surface area (Å²) in [6.07, 6.45) is 6.50. The van der Waals surface area contributed by atoms with Crippen LogP contribution in [0.4, 0.5) is 0 Å². The second kappa shape index (κ2) is 4.91. The van der Waals surface area contributed by atoms with Crippen LogP contribution in [0.1, 0.15) is 30.6 Å². The molecule has 0 aliphatic heterocycles. The lowest BCUT2D eigenvalue weighted by Gasteiger charge is -2.31. The molecule has 0 bridgehead atoms. The van der Waals surface area contributed by atoms with Gasteiger partial charge in [0.15, 0.2) is 5.78 Å². The van der Waals surface area contributed by atoms with Gasteiger partial charge in [-0.25, -0.2) is 0 Å². The summed E-state index contributed by atoms with van der Waals surface area (Å²) in [5.74, 6) is 0.427. The normalized spacial score (nSPS) is 23.0. The number of carbonyl (C=O) groups excluding carboxylic acids is 1. The molecule has 2 heteroatoms. The average Bonchev–Trinajstić information content (AvgIpc) is 2.40. The molecule has 0 fully saturated rings. The van der Waals surface area contributed by atoms with Gasteiger partial charge in [0.25, 0.3) is 0 Å². The third-order valence-corrected chi connectivity index (χ3v) is 3.62. The number of allylic oxidation sites excluding steroid dienone is 2. The van der Waals surface area contributed by atoms with E-state index >= 15 is 0 Å². The summed E-state index contributed by atoms with van der Waals surface area (Å²) in [5, 5.41) is 0. The van der Waals surface area contributed by atoms with Crippen LogP contribution in [0.5, 0.6) is 0 Å². The van der Waals surface area contributed by atoms with Gasteiger partial charge >= 0.3 is 0 Å². The molecule has 94 valence electrons. The minimum Gasteiger partial charge on any atom is -0.321 e. The number of Topliss-reactive ketones (excluding diaryl/α,β-unsaturated/α-hetero) is 1. The van der Waals surface area contributed by atoms with Gasteiger partial charge in [-0.2, -0.15) is 0 Å². The van der Waals surface area contributed by atoms with E-state index in [9.17, 15) is 4.79 Å². The second-order valence-corrected chi connectivity index (χ2v) is 5.16. The molecule has 0 saturated carbocycles. The zero-order valence-electron chi connectivity index (χ0n) is 10.9. The van der Waals surface area contributed by atoms with Crippen molar-refractivity contribution in [2.24, 2.45) is 11.7 Å². The predicted octanol–water partition coefficient (Wildman–Crippen LogP) is 3.11. The smallest absolute Gasteiger partial charge is 0.192 e. The quantitative estimate of drug-likeness (QED) is 0.826. The molecule has 1 aromatic carbocycles. The van der Waals surface area contributed by atoms with E-state index in [-0.39, 0.29) is 11.3 Å². The van der Waals surface area contributed by atoms with Crippen molar-refractivity contribution in [2.45, 2.75) is 25.8 Å². The van der Waals surface area contributed by atoms with E-state index in [0.29, 0.717) is 5.92 Å². The molecule has 2 nitrogen and oxygen atoms in total. The minimum atomic E-state index is -0.319. The fourth-order valence-electron chi connectivity index (χ4n) is 2.02. The van der Waals surface area contributed by atoms with Crippen LogP contribution in [0.3, 0.4) is 0 Å². The van der Waals surface area contributed by atoms with Crippen molar-refractivity contribution in [1.82, 2.24) is 0 Å². The van der Waals surface area contributed by atoms with Crippen molar-refractivity contribution in [2.75, 3.05) is 0 Å². The van der Waals surface area contributed by atoms with Crippen LogP contribution in [0.2, 0.25) is 0 Å². The van der Waals surface area contributed by atoms with Gasteiger partial charge in [0.05, 0.1) is 0 Å². The molecule has 1 aliphatic carbocycles. The molecular formula is C16H19NO. The molecule has 2 rings (SSSR count). The third kappa shape index (κ3) is 2.44.